The highest BCUT2D eigenvalue weighted by Gasteiger charge is 2.18. The van der Waals surface area contributed by atoms with Gasteiger partial charge in [0.05, 0.1) is 22.7 Å². The van der Waals surface area contributed by atoms with Crippen LogP contribution in [-0.4, -0.2) is 4.57 Å². The molecule has 3 heteroatoms. The van der Waals surface area contributed by atoms with Gasteiger partial charge in [0.2, 0.25) is 0 Å². The Labute approximate surface area is 324 Å². The van der Waals surface area contributed by atoms with Crippen molar-refractivity contribution in [3.63, 3.8) is 0 Å². The highest BCUT2D eigenvalue weighted by molar-refractivity contribution is 6.24. The van der Waals surface area contributed by atoms with Crippen LogP contribution in [0.2, 0.25) is 0 Å². The van der Waals surface area contributed by atoms with Crippen molar-refractivity contribution in [3.05, 3.63) is 205 Å². The largest absolute Gasteiger partial charge is 0.310 e. The van der Waals surface area contributed by atoms with Crippen molar-refractivity contribution in [3.8, 4) is 11.8 Å². The van der Waals surface area contributed by atoms with Crippen LogP contribution in [0.1, 0.15) is 16.7 Å². The standard InChI is InChI=1S/C53H33N3/c54-34-36-15-23-45(24-16-36)55(46-25-22-38-7-4-5-8-40(38)32-46)47-26-28-49-42(33-47)20-19-41-29-35(17-27-48(41)49)13-14-37-30-43-21-18-39-9-6-12-50-52(39)53(43)51(31-37)56(50)44-10-2-1-3-11-44/h1-33H/b14-13+. The van der Waals surface area contributed by atoms with Crippen molar-refractivity contribution >= 4 is 94.1 Å². The molecule has 260 valence electrons. The van der Waals surface area contributed by atoms with Gasteiger partial charge >= 0.3 is 0 Å². The number of hydrogen-bond donors (Lipinski definition) is 0. The van der Waals surface area contributed by atoms with Crippen LogP contribution in [0.25, 0.3) is 82.7 Å². The molecule has 0 amide bonds. The Balaban J connectivity index is 0.966. The third-order valence-electron chi connectivity index (χ3n) is 11.2. The molecule has 1 aromatic heterocycles. The maximum Gasteiger partial charge on any atom is 0.0991 e. The highest BCUT2D eigenvalue weighted by Crippen LogP contribution is 2.41. The molecule has 10 aromatic carbocycles. The lowest BCUT2D eigenvalue weighted by atomic mass is 9.98. The summed E-state index contributed by atoms with van der Waals surface area (Å²) in [6.45, 7) is 0. The van der Waals surface area contributed by atoms with Gasteiger partial charge in [0, 0.05) is 33.5 Å². The maximum absolute atomic E-state index is 9.48. The fourth-order valence-electron chi connectivity index (χ4n) is 8.63. The van der Waals surface area contributed by atoms with Gasteiger partial charge in [-0.2, -0.15) is 5.26 Å². The Morgan fingerprint density at radius 3 is 1.82 bits per heavy atom. The second-order valence-electron chi connectivity index (χ2n) is 14.6. The summed E-state index contributed by atoms with van der Waals surface area (Å²) >= 11 is 0. The number of fused-ring (bicyclic) bond motifs is 4. The summed E-state index contributed by atoms with van der Waals surface area (Å²) in [6.07, 6.45) is 4.47. The van der Waals surface area contributed by atoms with Gasteiger partial charge in [-0.3, -0.25) is 0 Å². The van der Waals surface area contributed by atoms with E-state index in [1.54, 1.807) is 0 Å². The zero-order chi connectivity index (χ0) is 37.2. The molecule has 56 heavy (non-hydrogen) atoms. The van der Waals surface area contributed by atoms with Crippen LogP contribution >= 0.6 is 0 Å². The quantitative estimate of drug-likeness (QED) is 0.127. The van der Waals surface area contributed by atoms with Gasteiger partial charge in [-0.05, 0) is 139 Å². The lowest BCUT2D eigenvalue weighted by Crippen LogP contribution is -2.10. The number of hydrogen-bond acceptors (Lipinski definition) is 2. The van der Waals surface area contributed by atoms with E-state index in [4.69, 9.17) is 0 Å². The number of nitrogens with zero attached hydrogens (tertiary/aromatic N) is 3. The summed E-state index contributed by atoms with van der Waals surface area (Å²) in [4.78, 5) is 2.27. The minimum absolute atomic E-state index is 0.643. The van der Waals surface area contributed by atoms with Crippen molar-refractivity contribution < 1.29 is 0 Å². The second-order valence-corrected chi connectivity index (χ2v) is 14.6. The lowest BCUT2D eigenvalue weighted by molar-refractivity contribution is 1.18. The number of aromatic nitrogens is 1. The molecule has 0 aliphatic rings. The van der Waals surface area contributed by atoms with E-state index in [1.165, 1.54) is 76.1 Å². The Morgan fingerprint density at radius 1 is 0.411 bits per heavy atom. The Morgan fingerprint density at radius 2 is 1.00 bits per heavy atom. The molecule has 0 unspecified atom stereocenters. The highest BCUT2D eigenvalue weighted by atomic mass is 15.1. The number of rotatable bonds is 6. The van der Waals surface area contributed by atoms with Crippen LogP contribution in [0.5, 0.6) is 0 Å². The molecule has 0 bridgehead atoms. The Kier molecular flexibility index (Phi) is 7.23. The first-order valence-electron chi connectivity index (χ1n) is 19.0. The van der Waals surface area contributed by atoms with Gasteiger partial charge in [-0.25, -0.2) is 0 Å². The van der Waals surface area contributed by atoms with E-state index in [0.29, 0.717) is 5.56 Å². The van der Waals surface area contributed by atoms with E-state index in [-0.39, 0.29) is 0 Å². The van der Waals surface area contributed by atoms with Crippen LogP contribution in [-0.2, 0) is 0 Å². The van der Waals surface area contributed by atoms with E-state index in [2.05, 4.69) is 191 Å². The van der Waals surface area contributed by atoms with E-state index < -0.39 is 0 Å². The average molecular weight is 712 g/mol. The molecule has 0 spiro atoms. The molecule has 11 rings (SSSR count). The molecule has 0 saturated carbocycles. The van der Waals surface area contributed by atoms with Crippen LogP contribution in [0, 0.1) is 11.3 Å². The summed E-state index contributed by atoms with van der Waals surface area (Å²) in [5, 5.41) is 21.8. The molecule has 0 N–H and O–H groups in total. The van der Waals surface area contributed by atoms with Gasteiger partial charge in [-0.15, -0.1) is 0 Å². The first-order chi connectivity index (χ1) is 27.7. The van der Waals surface area contributed by atoms with Gasteiger partial charge in [-0.1, -0.05) is 115 Å². The number of para-hydroxylation sites is 1. The maximum atomic E-state index is 9.48. The molecule has 0 aliphatic heterocycles. The monoisotopic (exact) mass is 711 g/mol. The van der Waals surface area contributed by atoms with Crippen LogP contribution in [0.3, 0.4) is 0 Å². The average Bonchev–Trinajstić information content (AvgIpc) is 3.60. The van der Waals surface area contributed by atoms with Gasteiger partial charge in [0.25, 0.3) is 0 Å². The summed E-state index contributed by atoms with van der Waals surface area (Å²) < 4.78 is 2.40. The molecule has 1 heterocycles. The van der Waals surface area contributed by atoms with Crippen molar-refractivity contribution in [2.24, 2.45) is 0 Å². The molecular weight excluding hydrogens is 679 g/mol. The summed E-state index contributed by atoms with van der Waals surface area (Å²) in [6, 6.07) is 69.5. The predicted molar refractivity (Wildman–Crippen MR) is 237 cm³/mol. The molecule has 0 fully saturated rings. The van der Waals surface area contributed by atoms with Crippen molar-refractivity contribution in [1.82, 2.24) is 4.57 Å². The Bertz CT molecular complexity index is 3360. The second kappa shape index (κ2) is 12.7. The molecule has 0 atom stereocenters. The third kappa shape index (κ3) is 5.20. The first kappa shape index (κ1) is 31.8. The SMILES string of the molecule is N#Cc1ccc(N(c2ccc3ccccc3c2)c2ccc3c(ccc4cc(/C=C/c5cc6ccc7cccc8c7c6c(c5)n8-c5ccccc5)ccc43)c2)cc1. The van der Waals surface area contributed by atoms with Gasteiger partial charge in [0.15, 0.2) is 0 Å². The number of anilines is 3. The molecule has 3 nitrogen and oxygen atoms in total. The summed E-state index contributed by atoms with van der Waals surface area (Å²) in [5.74, 6) is 0. The lowest BCUT2D eigenvalue weighted by Gasteiger charge is -2.26. The molecular formula is C53H33N3. The zero-order valence-corrected chi connectivity index (χ0v) is 30.4. The van der Waals surface area contributed by atoms with Gasteiger partial charge < -0.3 is 9.47 Å². The minimum atomic E-state index is 0.643. The minimum Gasteiger partial charge on any atom is -0.310 e. The molecule has 0 radical (unpaired) electrons. The zero-order valence-electron chi connectivity index (χ0n) is 30.4. The third-order valence-corrected chi connectivity index (χ3v) is 11.2. The number of benzene rings is 10. The van der Waals surface area contributed by atoms with Gasteiger partial charge in [0.1, 0.15) is 0 Å². The summed E-state index contributed by atoms with van der Waals surface area (Å²) in [5.41, 5.74) is 9.73. The Hall–Kier alpha value is -7.67. The molecule has 0 aliphatic carbocycles. The topological polar surface area (TPSA) is 32.0 Å². The normalized spacial score (nSPS) is 11.8. The van der Waals surface area contributed by atoms with E-state index in [9.17, 15) is 5.26 Å². The smallest absolute Gasteiger partial charge is 0.0991 e. The van der Waals surface area contributed by atoms with Crippen LogP contribution in [0.15, 0.2) is 188 Å². The van der Waals surface area contributed by atoms with E-state index in [1.807, 2.05) is 24.3 Å². The molecule has 0 saturated heterocycles. The fourth-order valence-corrected chi connectivity index (χ4v) is 8.63. The molecule has 11 aromatic rings. The fraction of sp³-hybridized carbons (Fsp3) is 0. The van der Waals surface area contributed by atoms with E-state index in [0.717, 1.165) is 22.6 Å². The van der Waals surface area contributed by atoms with Crippen LogP contribution in [0.4, 0.5) is 17.1 Å². The van der Waals surface area contributed by atoms with Crippen molar-refractivity contribution in [1.29, 1.82) is 5.26 Å². The first-order valence-corrected chi connectivity index (χ1v) is 19.0. The van der Waals surface area contributed by atoms with E-state index >= 15 is 0 Å². The summed E-state index contributed by atoms with van der Waals surface area (Å²) in [7, 11) is 0. The van der Waals surface area contributed by atoms with Crippen LogP contribution < -0.4 is 4.90 Å². The predicted octanol–water partition coefficient (Wildman–Crippen LogP) is 14.3. The van der Waals surface area contributed by atoms with Crippen molar-refractivity contribution in [2.75, 3.05) is 4.90 Å². The number of nitriles is 1. The van der Waals surface area contributed by atoms with Crippen molar-refractivity contribution in [2.45, 2.75) is 0 Å².